The third-order valence-electron chi connectivity index (χ3n) is 3.66. The van der Waals surface area contributed by atoms with Crippen molar-refractivity contribution in [2.24, 2.45) is 0 Å². The number of benzene rings is 2. The van der Waals surface area contributed by atoms with Gasteiger partial charge in [0.2, 0.25) is 0 Å². The van der Waals surface area contributed by atoms with Gasteiger partial charge in [-0.2, -0.15) is 0 Å². The van der Waals surface area contributed by atoms with Crippen LogP contribution in [0, 0.1) is 0 Å². The number of unbranched alkanes of at least 4 members (excludes halogenated alkanes) is 1. The van der Waals surface area contributed by atoms with Crippen molar-refractivity contribution in [2.45, 2.75) is 24.2 Å². The predicted molar refractivity (Wildman–Crippen MR) is 104 cm³/mol. The Labute approximate surface area is 163 Å². The first-order chi connectivity index (χ1) is 12.4. The zero-order valence-corrected chi connectivity index (χ0v) is 16.5. The summed E-state index contributed by atoms with van der Waals surface area (Å²) in [5.41, 5.74) is 0.611. The fourth-order valence-electron chi connectivity index (χ4n) is 2.33. The molecule has 2 rings (SSSR count). The summed E-state index contributed by atoms with van der Waals surface area (Å²) in [5, 5.41) is 0.443. The second-order valence-electron chi connectivity index (χ2n) is 5.54. The Kier molecular flexibility index (Phi) is 7.32. The first-order valence-electron chi connectivity index (χ1n) is 7.93. The quantitative estimate of drug-likeness (QED) is 0.364. The molecule has 0 bridgehead atoms. The van der Waals surface area contributed by atoms with Crippen molar-refractivity contribution in [3.05, 3.63) is 53.1 Å². The average molecular weight is 416 g/mol. The van der Waals surface area contributed by atoms with Crippen molar-refractivity contribution in [1.82, 2.24) is 0 Å². The van der Waals surface area contributed by atoms with Crippen LogP contribution in [0.4, 0.5) is 5.69 Å². The van der Waals surface area contributed by atoms with E-state index in [0.717, 1.165) is 6.42 Å². The number of carbonyl (C=O) groups excluding carboxylic acids is 1. The first-order valence-corrected chi connectivity index (χ1v) is 10.3. The van der Waals surface area contributed by atoms with E-state index in [-0.39, 0.29) is 16.4 Å². The van der Waals surface area contributed by atoms with E-state index in [2.05, 4.69) is 4.72 Å². The van der Waals surface area contributed by atoms with E-state index in [1.54, 1.807) is 12.1 Å². The van der Waals surface area contributed by atoms with Gasteiger partial charge < -0.3 is 4.74 Å². The molecule has 2 aromatic carbocycles. The lowest BCUT2D eigenvalue weighted by Crippen LogP contribution is -2.13. The number of nitrogens with one attached hydrogen (secondary N) is 1. The van der Waals surface area contributed by atoms with Crippen molar-refractivity contribution < 1.29 is 17.9 Å². The average Bonchev–Trinajstić information content (AvgIpc) is 2.62. The molecule has 0 atom stereocenters. The Morgan fingerprint density at radius 2 is 1.81 bits per heavy atom. The van der Waals surface area contributed by atoms with Gasteiger partial charge in [-0.3, -0.25) is 9.52 Å². The van der Waals surface area contributed by atoms with Gasteiger partial charge in [-0.25, -0.2) is 8.42 Å². The Morgan fingerprint density at radius 3 is 2.42 bits per heavy atom. The van der Waals surface area contributed by atoms with Gasteiger partial charge in [0.1, 0.15) is 5.75 Å². The SMILES string of the molecule is COc1ccc(NS(=O)(=O)c2ccc(Cl)cc2)cc1C(=O)CCCCCl. The van der Waals surface area contributed by atoms with Gasteiger partial charge in [0, 0.05) is 23.0 Å². The number of anilines is 1. The molecule has 8 heteroatoms. The number of rotatable bonds is 9. The van der Waals surface area contributed by atoms with Crippen LogP contribution in [0.3, 0.4) is 0 Å². The number of Topliss-reactive ketones (excluding diaryl/α,β-unsaturated/α-hetero) is 1. The monoisotopic (exact) mass is 415 g/mol. The zero-order valence-electron chi connectivity index (χ0n) is 14.2. The third kappa shape index (κ3) is 5.37. The summed E-state index contributed by atoms with van der Waals surface area (Å²) in [4.78, 5) is 12.5. The fourth-order valence-corrected chi connectivity index (χ4v) is 3.70. The van der Waals surface area contributed by atoms with Gasteiger partial charge in [-0.05, 0) is 55.3 Å². The van der Waals surface area contributed by atoms with Crippen LogP contribution in [0.25, 0.3) is 0 Å². The molecule has 0 unspecified atom stereocenters. The molecular weight excluding hydrogens is 397 g/mol. The van der Waals surface area contributed by atoms with Gasteiger partial charge in [0.05, 0.1) is 17.6 Å². The summed E-state index contributed by atoms with van der Waals surface area (Å²) >= 11 is 11.4. The third-order valence-corrected chi connectivity index (χ3v) is 5.58. The molecule has 26 heavy (non-hydrogen) atoms. The highest BCUT2D eigenvalue weighted by atomic mass is 35.5. The molecule has 0 aliphatic heterocycles. The van der Waals surface area contributed by atoms with E-state index >= 15 is 0 Å². The van der Waals surface area contributed by atoms with E-state index < -0.39 is 10.0 Å². The summed E-state index contributed by atoms with van der Waals surface area (Å²) < 4.78 is 32.6. The molecule has 0 saturated heterocycles. The number of halogens is 2. The van der Waals surface area contributed by atoms with Gasteiger partial charge in [-0.15, -0.1) is 11.6 Å². The molecule has 0 saturated carbocycles. The zero-order chi connectivity index (χ0) is 19.2. The van der Waals surface area contributed by atoms with Crippen molar-refractivity contribution in [3.8, 4) is 5.75 Å². The van der Waals surface area contributed by atoms with E-state index in [9.17, 15) is 13.2 Å². The Morgan fingerprint density at radius 1 is 1.12 bits per heavy atom. The maximum Gasteiger partial charge on any atom is 0.261 e. The molecule has 0 radical (unpaired) electrons. The molecule has 0 aliphatic rings. The lowest BCUT2D eigenvalue weighted by Gasteiger charge is -2.12. The molecule has 1 N–H and O–H groups in total. The molecule has 0 spiro atoms. The summed E-state index contributed by atoms with van der Waals surface area (Å²) in [5.74, 6) is 0.764. The smallest absolute Gasteiger partial charge is 0.261 e. The first kappa shape index (κ1) is 20.6. The minimum Gasteiger partial charge on any atom is -0.496 e. The van der Waals surface area contributed by atoms with Crippen molar-refractivity contribution in [1.29, 1.82) is 0 Å². The van der Waals surface area contributed by atoms with Crippen LogP contribution in [-0.4, -0.2) is 27.2 Å². The van der Waals surface area contributed by atoms with E-state index in [4.69, 9.17) is 27.9 Å². The minimum absolute atomic E-state index is 0.0766. The molecule has 140 valence electrons. The van der Waals surface area contributed by atoms with Crippen LogP contribution in [0.15, 0.2) is 47.4 Å². The number of ketones is 1. The van der Waals surface area contributed by atoms with Crippen LogP contribution in [0.1, 0.15) is 29.6 Å². The topological polar surface area (TPSA) is 72.5 Å². The fraction of sp³-hybridized carbons (Fsp3) is 0.278. The van der Waals surface area contributed by atoms with Crippen molar-refractivity contribution >= 4 is 44.7 Å². The number of sulfonamides is 1. The normalized spacial score (nSPS) is 11.2. The maximum atomic E-state index is 12.5. The number of hydrogen-bond acceptors (Lipinski definition) is 4. The highest BCUT2D eigenvalue weighted by molar-refractivity contribution is 7.92. The van der Waals surface area contributed by atoms with Crippen LogP contribution >= 0.6 is 23.2 Å². The van der Waals surface area contributed by atoms with E-state index in [1.165, 1.54) is 37.4 Å². The van der Waals surface area contributed by atoms with Gasteiger partial charge in [0.15, 0.2) is 5.78 Å². The lowest BCUT2D eigenvalue weighted by molar-refractivity contribution is 0.0977. The van der Waals surface area contributed by atoms with Crippen LogP contribution < -0.4 is 9.46 Å². The summed E-state index contributed by atoms with van der Waals surface area (Å²) in [6, 6.07) is 10.4. The van der Waals surface area contributed by atoms with Gasteiger partial charge in [-0.1, -0.05) is 11.6 Å². The number of alkyl halides is 1. The highest BCUT2D eigenvalue weighted by Crippen LogP contribution is 2.26. The summed E-state index contributed by atoms with van der Waals surface area (Å²) in [6.45, 7) is 0. The molecule has 2 aromatic rings. The number of methoxy groups -OCH3 is 1. The predicted octanol–water partition coefficient (Wildman–Crippen LogP) is 4.74. The number of carbonyl (C=O) groups is 1. The minimum atomic E-state index is -3.79. The van der Waals surface area contributed by atoms with Crippen molar-refractivity contribution in [2.75, 3.05) is 17.7 Å². The molecular formula is C18H19Cl2NO4S. The molecule has 0 aromatic heterocycles. The Hall–Kier alpha value is -1.76. The second-order valence-corrected chi connectivity index (χ2v) is 8.04. The highest BCUT2D eigenvalue weighted by Gasteiger charge is 2.17. The standard InChI is InChI=1S/C18H19Cl2NO4S/c1-25-18-10-7-14(12-16(18)17(22)4-2-3-11-19)21-26(23,24)15-8-5-13(20)6-9-15/h5-10,12,21H,2-4,11H2,1H3. The second kappa shape index (κ2) is 9.26. The Bertz CT molecular complexity index is 867. The summed E-state index contributed by atoms with van der Waals surface area (Å²) in [7, 11) is -2.33. The van der Waals surface area contributed by atoms with Crippen LogP contribution in [-0.2, 0) is 10.0 Å². The molecule has 0 fully saturated rings. The van der Waals surface area contributed by atoms with Crippen molar-refractivity contribution in [3.63, 3.8) is 0 Å². The van der Waals surface area contributed by atoms with Gasteiger partial charge in [0.25, 0.3) is 10.0 Å². The van der Waals surface area contributed by atoms with E-state index in [0.29, 0.717) is 35.1 Å². The molecule has 0 amide bonds. The number of ether oxygens (including phenoxy) is 1. The van der Waals surface area contributed by atoms with Crippen LogP contribution in [0.2, 0.25) is 5.02 Å². The van der Waals surface area contributed by atoms with E-state index in [1.807, 2.05) is 0 Å². The summed E-state index contributed by atoms with van der Waals surface area (Å²) in [6.07, 6.45) is 1.71. The number of hydrogen-bond donors (Lipinski definition) is 1. The Balaban J connectivity index is 2.25. The lowest BCUT2D eigenvalue weighted by atomic mass is 10.0. The largest absolute Gasteiger partial charge is 0.496 e. The molecule has 0 aliphatic carbocycles. The molecule has 5 nitrogen and oxygen atoms in total. The molecule has 0 heterocycles. The van der Waals surface area contributed by atoms with Gasteiger partial charge >= 0.3 is 0 Å². The maximum absolute atomic E-state index is 12.5. The van der Waals surface area contributed by atoms with Crippen LogP contribution in [0.5, 0.6) is 5.75 Å².